The van der Waals surface area contributed by atoms with Crippen LogP contribution in [0.5, 0.6) is 0 Å². The van der Waals surface area contributed by atoms with Gasteiger partial charge in [-0.1, -0.05) is 36.8 Å². The molecule has 1 saturated heterocycles. The molecule has 2 heterocycles. The predicted octanol–water partition coefficient (Wildman–Crippen LogP) is 3.57. The molecule has 3 rings (SSSR count). The first-order valence-electron chi connectivity index (χ1n) is 7.67. The van der Waals surface area contributed by atoms with Gasteiger partial charge in [0.2, 0.25) is 0 Å². The van der Waals surface area contributed by atoms with Gasteiger partial charge in [-0.3, -0.25) is 4.79 Å². The number of carbonyl (C=O) groups is 1. The molecule has 0 radical (unpaired) electrons. The van der Waals surface area contributed by atoms with E-state index < -0.39 is 0 Å². The lowest BCUT2D eigenvalue weighted by molar-refractivity contribution is 0.0689. The molecule has 1 aliphatic heterocycles. The summed E-state index contributed by atoms with van der Waals surface area (Å²) in [7, 11) is 0. The second kappa shape index (κ2) is 6.08. The van der Waals surface area contributed by atoms with Gasteiger partial charge in [-0.2, -0.15) is 4.37 Å². The highest BCUT2D eigenvalue weighted by molar-refractivity contribution is 7.09. The number of amides is 1. The van der Waals surface area contributed by atoms with E-state index in [-0.39, 0.29) is 5.91 Å². The minimum atomic E-state index is 0.0277. The van der Waals surface area contributed by atoms with Gasteiger partial charge in [-0.15, -0.1) is 0 Å². The Bertz CT molecular complexity index is 678. The van der Waals surface area contributed by atoms with Crippen molar-refractivity contribution in [2.75, 3.05) is 18.8 Å². The maximum absolute atomic E-state index is 12.7. The minimum Gasteiger partial charge on any atom is -0.396 e. The van der Waals surface area contributed by atoms with Crippen molar-refractivity contribution in [2.24, 2.45) is 5.92 Å². The number of hydrogen-bond acceptors (Lipinski definition) is 4. The molecule has 0 saturated carbocycles. The van der Waals surface area contributed by atoms with Gasteiger partial charge in [-0.05, 0) is 37.2 Å². The topological polar surface area (TPSA) is 59.2 Å². The van der Waals surface area contributed by atoms with Gasteiger partial charge in [0, 0.05) is 18.7 Å². The molecule has 1 fully saturated rings. The predicted molar refractivity (Wildman–Crippen MR) is 91.0 cm³/mol. The number of aryl methyl sites for hydroxylation is 1. The summed E-state index contributed by atoms with van der Waals surface area (Å²) >= 11 is 1.21. The maximum atomic E-state index is 12.7. The Morgan fingerprint density at radius 1 is 1.36 bits per heavy atom. The second-order valence-electron chi connectivity index (χ2n) is 6.14. The van der Waals surface area contributed by atoms with Gasteiger partial charge >= 0.3 is 0 Å². The number of carbonyl (C=O) groups excluding carboxylic acids is 1. The van der Waals surface area contributed by atoms with E-state index in [4.69, 9.17) is 5.73 Å². The summed E-state index contributed by atoms with van der Waals surface area (Å²) in [5.74, 6) is 0.586. The van der Waals surface area contributed by atoms with Crippen molar-refractivity contribution in [2.45, 2.75) is 26.7 Å². The van der Waals surface area contributed by atoms with E-state index in [9.17, 15) is 4.79 Å². The van der Waals surface area contributed by atoms with Crippen molar-refractivity contribution in [3.63, 3.8) is 0 Å². The molecule has 1 aromatic carbocycles. The van der Waals surface area contributed by atoms with E-state index in [1.807, 2.05) is 36.1 Å². The molecule has 0 unspecified atom stereocenters. The van der Waals surface area contributed by atoms with Crippen LogP contribution in [0, 0.1) is 12.8 Å². The molecule has 2 aromatic rings. The van der Waals surface area contributed by atoms with E-state index in [2.05, 4.69) is 11.3 Å². The average Bonchev–Trinajstić information content (AvgIpc) is 2.89. The highest BCUT2D eigenvalue weighted by Gasteiger charge is 2.26. The molecular weight excluding hydrogens is 294 g/mol. The molecule has 1 amide bonds. The van der Waals surface area contributed by atoms with Crippen molar-refractivity contribution in [3.8, 4) is 11.3 Å². The Balaban J connectivity index is 1.86. The average molecular weight is 315 g/mol. The Morgan fingerprint density at radius 2 is 2.09 bits per heavy atom. The fraction of sp³-hybridized carbons (Fsp3) is 0.412. The first kappa shape index (κ1) is 15.0. The van der Waals surface area contributed by atoms with Gasteiger partial charge in [0.25, 0.3) is 5.91 Å². The van der Waals surface area contributed by atoms with Crippen molar-refractivity contribution in [1.29, 1.82) is 0 Å². The molecule has 0 spiro atoms. The van der Waals surface area contributed by atoms with Crippen LogP contribution in [-0.2, 0) is 0 Å². The molecular formula is C17H21N3OS. The molecule has 116 valence electrons. The van der Waals surface area contributed by atoms with Crippen LogP contribution >= 0.6 is 11.5 Å². The third kappa shape index (κ3) is 2.86. The van der Waals surface area contributed by atoms with Crippen molar-refractivity contribution in [3.05, 3.63) is 34.7 Å². The number of nitrogens with zero attached hydrogens (tertiary/aromatic N) is 2. The monoisotopic (exact) mass is 315 g/mol. The van der Waals surface area contributed by atoms with Crippen LogP contribution in [0.1, 0.15) is 35.0 Å². The summed E-state index contributed by atoms with van der Waals surface area (Å²) in [5, 5.41) is 0. The number of anilines is 1. The summed E-state index contributed by atoms with van der Waals surface area (Å²) < 4.78 is 4.42. The fourth-order valence-electron chi connectivity index (χ4n) is 2.89. The maximum Gasteiger partial charge on any atom is 0.267 e. The molecule has 0 bridgehead atoms. The van der Waals surface area contributed by atoms with Crippen LogP contribution in [0.3, 0.4) is 0 Å². The highest BCUT2D eigenvalue weighted by Crippen LogP contribution is 2.32. The Hall–Kier alpha value is -1.88. The smallest absolute Gasteiger partial charge is 0.267 e. The van der Waals surface area contributed by atoms with Gasteiger partial charge in [0.15, 0.2) is 0 Å². The number of nitrogen functional groups attached to an aromatic ring is 1. The summed E-state index contributed by atoms with van der Waals surface area (Å²) in [6, 6.07) is 8.06. The number of aromatic nitrogens is 1. The Labute approximate surface area is 135 Å². The van der Waals surface area contributed by atoms with E-state index in [1.54, 1.807) is 0 Å². The van der Waals surface area contributed by atoms with Crippen LogP contribution in [0.2, 0.25) is 0 Å². The Morgan fingerprint density at radius 3 is 2.77 bits per heavy atom. The van der Waals surface area contributed by atoms with E-state index in [0.29, 0.717) is 16.5 Å². The number of likely N-dealkylation sites (tertiary alicyclic amines) is 1. The summed E-state index contributed by atoms with van der Waals surface area (Å²) in [6.07, 6.45) is 2.26. The highest BCUT2D eigenvalue weighted by atomic mass is 32.1. The summed E-state index contributed by atoms with van der Waals surface area (Å²) in [4.78, 5) is 15.2. The SMILES string of the molecule is Cc1ccc(-c2nsc(C(=O)N3CCC[C@@H](C)C3)c2N)cc1. The molecule has 1 aromatic heterocycles. The van der Waals surface area contributed by atoms with Crippen molar-refractivity contribution in [1.82, 2.24) is 9.27 Å². The van der Waals surface area contributed by atoms with Gasteiger partial charge < -0.3 is 10.6 Å². The first-order valence-corrected chi connectivity index (χ1v) is 8.45. The van der Waals surface area contributed by atoms with Crippen LogP contribution in [0.4, 0.5) is 5.69 Å². The lowest BCUT2D eigenvalue weighted by Crippen LogP contribution is -2.39. The van der Waals surface area contributed by atoms with E-state index in [1.165, 1.54) is 23.5 Å². The zero-order valence-corrected chi connectivity index (χ0v) is 13.8. The molecule has 4 nitrogen and oxygen atoms in total. The lowest BCUT2D eigenvalue weighted by Gasteiger charge is -2.30. The molecule has 1 atom stereocenters. The Kier molecular flexibility index (Phi) is 4.16. The lowest BCUT2D eigenvalue weighted by atomic mass is 10.00. The first-order chi connectivity index (χ1) is 10.6. The minimum absolute atomic E-state index is 0.0277. The molecule has 5 heteroatoms. The van der Waals surface area contributed by atoms with Crippen molar-refractivity contribution < 1.29 is 4.79 Å². The van der Waals surface area contributed by atoms with Gasteiger partial charge in [0.05, 0.1) is 5.69 Å². The number of benzene rings is 1. The third-order valence-corrected chi connectivity index (χ3v) is 5.04. The van der Waals surface area contributed by atoms with Crippen LogP contribution in [0.15, 0.2) is 24.3 Å². The normalized spacial score (nSPS) is 18.5. The second-order valence-corrected chi connectivity index (χ2v) is 6.91. The van der Waals surface area contributed by atoms with Crippen molar-refractivity contribution >= 4 is 23.1 Å². The number of piperidine rings is 1. The zero-order chi connectivity index (χ0) is 15.7. The fourth-order valence-corrected chi connectivity index (χ4v) is 3.68. The van der Waals surface area contributed by atoms with Gasteiger partial charge in [0.1, 0.15) is 10.6 Å². The number of nitrogens with two attached hydrogens (primary N) is 1. The standard InChI is InChI=1S/C17H21N3OS/c1-11-5-7-13(8-6-11)15-14(18)16(22-19-15)17(21)20-9-3-4-12(2)10-20/h5-8,12H,3-4,9-10,18H2,1-2H3/t12-/m1/s1. The van der Waals surface area contributed by atoms with Crippen LogP contribution in [-0.4, -0.2) is 28.3 Å². The molecule has 1 aliphatic rings. The third-order valence-electron chi connectivity index (χ3n) is 4.19. The number of rotatable bonds is 2. The molecule has 2 N–H and O–H groups in total. The van der Waals surface area contributed by atoms with E-state index >= 15 is 0 Å². The summed E-state index contributed by atoms with van der Waals surface area (Å²) in [6.45, 7) is 5.87. The van der Waals surface area contributed by atoms with Crippen LogP contribution in [0.25, 0.3) is 11.3 Å². The van der Waals surface area contributed by atoms with Crippen LogP contribution < -0.4 is 5.73 Å². The number of hydrogen-bond donors (Lipinski definition) is 1. The molecule has 22 heavy (non-hydrogen) atoms. The van der Waals surface area contributed by atoms with Gasteiger partial charge in [-0.25, -0.2) is 0 Å². The molecule has 0 aliphatic carbocycles. The quantitative estimate of drug-likeness (QED) is 0.921. The van der Waals surface area contributed by atoms with E-state index in [0.717, 1.165) is 30.8 Å². The summed E-state index contributed by atoms with van der Waals surface area (Å²) in [5.41, 5.74) is 9.60. The zero-order valence-electron chi connectivity index (χ0n) is 13.0. The largest absolute Gasteiger partial charge is 0.396 e.